The molecular formula is C15H22N2O3. The van der Waals surface area contributed by atoms with Gasteiger partial charge in [-0.3, -0.25) is 0 Å². The molecule has 1 aliphatic heterocycles. The number of rotatable bonds is 3. The van der Waals surface area contributed by atoms with Crippen LogP contribution >= 0.6 is 0 Å². The van der Waals surface area contributed by atoms with Gasteiger partial charge in [0, 0.05) is 20.1 Å². The minimum absolute atomic E-state index is 0.0717. The highest BCUT2D eigenvalue weighted by molar-refractivity contribution is 5.73. The zero-order chi connectivity index (χ0) is 14.8. The third kappa shape index (κ3) is 3.79. The lowest BCUT2D eigenvalue weighted by atomic mass is 9.97. The van der Waals surface area contributed by atoms with E-state index in [9.17, 15) is 4.79 Å². The van der Waals surface area contributed by atoms with Crippen molar-refractivity contribution in [1.82, 2.24) is 10.2 Å². The Hall–Kier alpha value is -1.91. The van der Waals surface area contributed by atoms with E-state index in [0.29, 0.717) is 13.1 Å². The lowest BCUT2D eigenvalue weighted by Crippen LogP contribution is -2.40. The van der Waals surface area contributed by atoms with Crippen LogP contribution in [0.2, 0.25) is 0 Å². The van der Waals surface area contributed by atoms with Crippen molar-refractivity contribution in [3.8, 4) is 11.5 Å². The fourth-order valence-electron chi connectivity index (χ4n) is 1.86. The number of ether oxygens (including phenoxy) is 2. The Morgan fingerprint density at radius 2 is 2.00 bits per heavy atom. The normalized spacial score (nSPS) is 13.2. The third-order valence-corrected chi connectivity index (χ3v) is 2.97. The first-order valence-electron chi connectivity index (χ1n) is 6.73. The van der Waals surface area contributed by atoms with Gasteiger partial charge in [-0.15, -0.1) is 0 Å². The van der Waals surface area contributed by atoms with E-state index >= 15 is 0 Å². The van der Waals surface area contributed by atoms with Gasteiger partial charge in [0.25, 0.3) is 0 Å². The average Bonchev–Trinajstić information content (AvgIpc) is 2.82. The summed E-state index contributed by atoms with van der Waals surface area (Å²) in [6, 6.07) is 5.66. The highest BCUT2D eigenvalue weighted by Gasteiger charge is 2.17. The molecule has 0 aromatic heterocycles. The number of urea groups is 1. The summed E-state index contributed by atoms with van der Waals surface area (Å²) in [4.78, 5) is 13.6. The van der Waals surface area contributed by atoms with Gasteiger partial charge in [-0.1, -0.05) is 26.8 Å². The summed E-state index contributed by atoms with van der Waals surface area (Å²) in [6.45, 7) is 7.71. The number of benzene rings is 1. The quantitative estimate of drug-likeness (QED) is 0.924. The molecule has 2 amide bonds. The van der Waals surface area contributed by atoms with Gasteiger partial charge in [0.2, 0.25) is 6.79 Å². The first-order valence-corrected chi connectivity index (χ1v) is 6.73. The van der Waals surface area contributed by atoms with Gasteiger partial charge in [0.15, 0.2) is 11.5 Å². The maximum Gasteiger partial charge on any atom is 0.317 e. The molecule has 0 saturated carbocycles. The van der Waals surface area contributed by atoms with E-state index < -0.39 is 0 Å². The minimum Gasteiger partial charge on any atom is -0.454 e. The molecule has 0 saturated heterocycles. The van der Waals surface area contributed by atoms with Crippen molar-refractivity contribution in [2.24, 2.45) is 5.41 Å². The first kappa shape index (κ1) is 14.5. The lowest BCUT2D eigenvalue weighted by molar-refractivity contribution is 0.174. The van der Waals surface area contributed by atoms with Crippen molar-refractivity contribution in [2.45, 2.75) is 27.3 Å². The summed E-state index contributed by atoms with van der Waals surface area (Å²) in [5, 5.41) is 2.93. The average molecular weight is 278 g/mol. The minimum atomic E-state index is -0.0717. The lowest BCUT2D eigenvalue weighted by Gasteiger charge is -2.23. The van der Waals surface area contributed by atoms with Gasteiger partial charge in [0.05, 0.1) is 0 Å². The third-order valence-electron chi connectivity index (χ3n) is 2.97. The van der Waals surface area contributed by atoms with Crippen LogP contribution < -0.4 is 14.8 Å². The topological polar surface area (TPSA) is 50.8 Å². The fourth-order valence-corrected chi connectivity index (χ4v) is 1.86. The molecule has 1 heterocycles. The van der Waals surface area contributed by atoms with Gasteiger partial charge in [0.1, 0.15) is 0 Å². The van der Waals surface area contributed by atoms with Gasteiger partial charge in [-0.25, -0.2) is 4.79 Å². The number of amides is 2. The maximum atomic E-state index is 12.0. The Morgan fingerprint density at radius 1 is 1.30 bits per heavy atom. The van der Waals surface area contributed by atoms with Crippen LogP contribution in [0.1, 0.15) is 26.3 Å². The van der Waals surface area contributed by atoms with Crippen LogP contribution in [0.15, 0.2) is 18.2 Å². The first-order chi connectivity index (χ1) is 9.35. The van der Waals surface area contributed by atoms with E-state index in [0.717, 1.165) is 17.1 Å². The summed E-state index contributed by atoms with van der Waals surface area (Å²) in [7, 11) is 1.78. The van der Waals surface area contributed by atoms with Gasteiger partial charge in [-0.05, 0) is 23.1 Å². The zero-order valence-corrected chi connectivity index (χ0v) is 12.5. The molecule has 1 N–H and O–H groups in total. The molecule has 0 fully saturated rings. The smallest absolute Gasteiger partial charge is 0.317 e. The Kier molecular flexibility index (Phi) is 4.06. The van der Waals surface area contributed by atoms with Crippen LogP contribution in [0.3, 0.4) is 0 Å². The van der Waals surface area contributed by atoms with E-state index in [1.807, 2.05) is 18.2 Å². The Morgan fingerprint density at radius 3 is 2.70 bits per heavy atom. The number of carbonyl (C=O) groups is 1. The zero-order valence-electron chi connectivity index (χ0n) is 12.5. The Labute approximate surface area is 119 Å². The summed E-state index contributed by atoms with van der Waals surface area (Å²) in [5.74, 6) is 1.50. The van der Waals surface area contributed by atoms with Crippen LogP contribution in [0.4, 0.5) is 4.79 Å². The fraction of sp³-hybridized carbons (Fsp3) is 0.533. The van der Waals surface area contributed by atoms with Crippen molar-refractivity contribution >= 4 is 6.03 Å². The Balaban J connectivity index is 1.90. The summed E-state index contributed by atoms with van der Waals surface area (Å²) in [6.07, 6.45) is 0. The van der Waals surface area contributed by atoms with E-state index in [-0.39, 0.29) is 18.2 Å². The number of hydrogen-bond acceptors (Lipinski definition) is 3. The molecular weight excluding hydrogens is 256 g/mol. The number of carbonyl (C=O) groups excluding carboxylic acids is 1. The molecule has 110 valence electrons. The van der Waals surface area contributed by atoms with Gasteiger partial charge < -0.3 is 19.7 Å². The number of hydrogen-bond donors (Lipinski definition) is 1. The number of fused-ring (bicyclic) bond motifs is 1. The molecule has 1 aromatic carbocycles. The molecule has 0 spiro atoms. The van der Waals surface area contributed by atoms with Crippen LogP contribution in [-0.4, -0.2) is 31.3 Å². The van der Waals surface area contributed by atoms with E-state index in [1.165, 1.54) is 0 Å². The standard InChI is InChI=1S/C15H22N2O3/c1-15(2,3)9-16-14(18)17(4)8-11-5-6-12-13(7-11)20-10-19-12/h5-7H,8-10H2,1-4H3,(H,16,18). The van der Waals surface area contributed by atoms with Crippen molar-refractivity contribution in [3.05, 3.63) is 23.8 Å². The van der Waals surface area contributed by atoms with E-state index in [1.54, 1.807) is 11.9 Å². The van der Waals surface area contributed by atoms with Crippen LogP contribution in [-0.2, 0) is 6.54 Å². The molecule has 5 heteroatoms. The SMILES string of the molecule is CN(Cc1ccc2c(c1)OCO2)C(=O)NCC(C)(C)C. The molecule has 2 rings (SSSR count). The summed E-state index contributed by atoms with van der Waals surface area (Å²) in [5.41, 5.74) is 1.09. The number of nitrogens with zero attached hydrogens (tertiary/aromatic N) is 1. The van der Waals surface area contributed by atoms with Crippen molar-refractivity contribution < 1.29 is 14.3 Å². The van der Waals surface area contributed by atoms with Crippen molar-refractivity contribution in [3.63, 3.8) is 0 Å². The van der Waals surface area contributed by atoms with Crippen molar-refractivity contribution in [1.29, 1.82) is 0 Å². The molecule has 0 aliphatic carbocycles. The molecule has 0 bridgehead atoms. The van der Waals surface area contributed by atoms with Gasteiger partial charge >= 0.3 is 6.03 Å². The van der Waals surface area contributed by atoms with Crippen LogP contribution in [0.5, 0.6) is 11.5 Å². The highest BCUT2D eigenvalue weighted by Crippen LogP contribution is 2.32. The predicted molar refractivity (Wildman–Crippen MR) is 76.9 cm³/mol. The second-order valence-electron chi connectivity index (χ2n) is 6.26. The molecule has 0 atom stereocenters. The number of nitrogens with one attached hydrogen (secondary N) is 1. The molecule has 0 unspecified atom stereocenters. The molecule has 1 aliphatic rings. The molecule has 0 radical (unpaired) electrons. The van der Waals surface area contributed by atoms with E-state index in [2.05, 4.69) is 26.1 Å². The van der Waals surface area contributed by atoms with Crippen LogP contribution in [0.25, 0.3) is 0 Å². The second-order valence-corrected chi connectivity index (χ2v) is 6.26. The Bertz CT molecular complexity index is 494. The second kappa shape index (κ2) is 5.61. The summed E-state index contributed by atoms with van der Waals surface area (Å²) < 4.78 is 10.6. The predicted octanol–water partition coefficient (Wildman–Crippen LogP) is 2.60. The molecule has 1 aromatic rings. The van der Waals surface area contributed by atoms with Crippen molar-refractivity contribution in [2.75, 3.05) is 20.4 Å². The summed E-state index contributed by atoms with van der Waals surface area (Å²) >= 11 is 0. The molecule has 5 nitrogen and oxygen atoms in total. The largest absolute Gasteiger partial charge is 0.454 e. The van der Waals surface area contributed by atoms with Crippen LogP contribution in [0, 0.1) is 5.41 Å². The highest BCUT2D eigenvalue weighted by atomic mass is 16.7. The monoisotopic (exact) mass is 278 g/mol. The van der Waals surface area contributed by atoms with E-state index in [4.69, 9.17) is 9.47 Å². The maximum absolute atomic E-state index is 12.0. The van der Waals surface area contributed by atoms with Gasteiger partial charge in [-0.2, -0.15) is 0 Å². The molecule has 20 heavy (non-hydrogen) atoms.